The number of para-hydroxylation sites is 1. The quantitative estimate of drug-likeness (QED) is 0.193. The Bertz CT molecular complexity index is 2230. The Hall–Kier alpha value is -4.88. The van der Waals surface area contributed by atoms with Crippen molar-refractivity contribution in [3.8, 4) is 33.4 Å². The van der Waals surface area contributed by atoms with E-state index in [4.69, 9.17) is 0 Å². The van der Waals surface area contributed by atoms with Crippen molar-refractivity contribution in [2.24, 2.45) is 0 Å². The van der Waals surface area contributed by atoms with E-state index in [1.807, 2.05) is 0 Å². The second-order valence-corrected chi connectivity index (χ2v) is 15.0. The maximum absolute atomic E-state index is 2.55. The van der Waals surface area contributed by atoms with Crippen molar-refractivity contribution in [1.29, 1.82) is 0 Å². The molecule has 0 bridgehead atoms. The minimum Gasteiger partial charge on any atom is -0.310 e. The number of benzene rings is 6. The van der Waals surface area contributed by atoms with Gasteiger partial charge in [0, 0.05) is 21.9 Å². The molecule has 0 aromatic heterocycles. The maximum atomic E-state index is 2.55. The summed E-state index contributed by atoms with van der Waals surface area (Å²) in [7, 11) is 0. The van der Waals surface area contributed by atoms with E-state index in [0.29, 0.717) is 0 Å². The van der Waals surface area contributed by atoms with Crippen LogP contribution in [0.3, 0.4) is 0 Å². The van der Waals surface area contributed by atoms with Crippen LogP contribution in [0.15, 0.2) is 127 Å². The van der Waals surface area contributed by atoms with Crippen molar-refractivity contribution in [3.63, 3.8) is 0 Å². The Balaban J connectivity index is 1.24. The van der Waals surface area contributed by atoms with E-state index in [1.165, 1.54) is 83.8 Å². The second-order valence-electron chi connectivity index (χ2n) is 15.0. The first-order valence-corrected chi connectivity index (χ1v) is 16.6. The van der Waals surface area contributed by atoms with Crippen molar-refractivity contribution in [3.05, 3.63) is 161 Å². The fraction of sp³-hybridized carbons (Fsp3) is 0.200. The summed E-state index contributed by atoms with van der Waals surface area (Å²) in [6.07, 6.45) is 0. The highest BCUT2D eigenvalue weighted by atomic mass is 15.2. The fourth-order valence-electron chi connectivity index (χ4n) is 8.85. The second kappa shape index (κ2) is 9.10. The topological polar surface area (TPSA) is 3.24 Å². The molecule has 6 aromatic carbocycles. The lowest BCUT2D eigenvalue weighted by Gasteiger charge is -2.43. The molecule has 1 aliphatic heterocycles. The molecular weight excluding hydrogens is 555 g/mol. The maximum Gasteiger partial charge on any atom is 0.0506 e. The van der Waals surface area contributed by atoms with Gasteiger partial charge in [-0.25, -0.2) is 0 Å². The van der Waals surface area contributed by atoms with Crippen LogP contribution in [0.5, 0.6) is 0 Å². The molecule has 6 aromatic rings. The molecule has 0 spiro atoms. The van der Waals surface area contributed by atoms with E-state index in [0.717, 1.165) is 0 Å². The minimum absolute atomic E-state index is 0.0637. The molecule has 0 unspecified atom stereocenters. The summed E-state index contributed by atoms with van der Waals surface area (Å²) in [4.78, 5) is 2.55. The minimum atomic E-state index is -0.140. The summed E-state index contributed by atoms with van der Waals surface area (Å²) in [6.45, 7) is 14.3. The zero-order valence-electron chi connectivity index (χ0n) is 27.6. The third-order valence-corrected chi connectivity index (χ3v) is 11.5. The van der Waals surface area contributed by atoms with Gasteiger partial charge in [-0.2, -0.15) is 0 Å². The van der Waals surface area contributed by atoms with Gasteiger partial charge in [-0.15, -0.1) is 0 Å². The van der Waals surface area contributed by atoms with Crippen LogP contribution in [0, 0.1) is 0 Å². The SMILES string of the molecule is CC1(C)c2cc(-c3ccccc3)ccc2-c2ccc(N3c4ccccc4C(C)(C)c4cc5c(cc43)C(C)(C)c3ccccc3-5)cc21. The third-order valence-electron chi connectivity index (χ3n) is 11.5. The summed E-state index contributed by atoms with van der Waals surface area (Å²) in [6, 6.07) is 48.0. The van der Waals surface area contributed by atoms with Crippen LogP contribution in [0.4, 0.5) is 17.1 Å². The Kier molecular flexibility index (Phi) is 5.43. The Morgan fingerprint density at radius 1 is 0.348 bits per heavy atom. The molecule has 9 rings (SSSR count). The standard InChI is InChI=1S/C45H39N/c1-43(2)35-17-11-10-16-31(35)34-26-40-42(27-39(34)43)46(41-19-13-12-18-36(41)44(40,3)4)30-21-23-33-32-22-20-29(28-14-8-7-9-15-28)24-37(32)45(5,6)38(33)25-30/h7-27H,1-6H3. The summed E-state index contributed by atoms with van der Waals surface area (Å²) in [5.74, 6) is 0. The molecule has 224 valence electrons. The van der Waals surface area contributed by atoms with Gasteiger partial charge < -0.3 is 4.90 Å². The monoisotopic (exact) mass is 593 g/mol. The van der Waals surface area contributed by atoms with E-state index in [-0.39, 0.29) is 16.2 Å². The number of hydrogen-bond acceptors (Lipinski definition) is 1. The van der Waals surface area contributed by atoms with E-state index < -0.39 is 0 Å². The van der Waals surface area contributed by atoms with Gasteiger partial charge in [-0.05, 0) is 103 Å². The van der Waals surface area contributed by atoms with Crippen LogP contribution >= 0.6 is 0 Å². The molecule has 46 heavy (non-hydrogen) atoms. The lowest BCUT2D eigenvalue weighted by Crippen LogP contribution is -2.31. The Labute approximate surface area is 273 Å². The molecule has 0 saturated carbocycles. The average Bonchev–Trinajstić information content (AvgIpc) is 3.43. The van der Waals surface area contributed by atoms with Gasteiger partial charge in [0.1, 0.15) is 0 Å². The van der Waals surface area contributed by atoms with Crippen molar-refractivity contribution in [1.82, 2.24) is 0 Å². The van der Waals surface area contributed by atoms with E-state index in [9.17, 15) is 0 Å². The molecule has 2 aliphatic carbocycles. The zero-order chi connectivity index (χ0) is 31.6. The molecular formula is C45H39N. The van der Waals surface area contributed by atoms with Gasteiger partial charge in [-0.3, -0.25) is 0 Å². The normalized spacial score (nSPS) is 17.0. The first-order chi connectivity index (χ1) is 22.1. The number of hydrogen-bond donors (Lipinski definition) is 0. The van der Waals surface area contributed by atoms with Crippen molar-refractivity contribution >= 4 is 17.1 Å². The highest BCUT2D eigenvalue weighted by molar-refractivity contribution is 5.93. The lowest BCUT2D eigenvalue weighted by molar-refractivity contribution is 0.627. The smallest absolute Gasteiger partial charge is 0.0506 e. The van der Waals surface area contributed by atoms with Gasteiger partial charge in [0.25, 0.3) is 0 Å². The van der Waals surface area contributed by atoms with Crippen LogP contribution in [-0.4, -0.2) is 0 Å². The first-order valence-electron chi connectivity index (χ1n) is 16.6. The molecule has 0 saturated heterocycles. The van der Waals surface area contributed by atoms with Gasteiger partial charge in [-0.1, -0.05) is 133 Å². The molecule has 1 heteroatoms. The van der Waals surface area contributed by atoms with E-state index in [1.54, 1.807) is 0 Å². The number of rotatable bonds is 2. The van der Waals surface area contributed by atoms with Crippen molar-refractivity contribution in [2.75, 3.05) is 4.90 Å². The lowest BCUT2D eigenvalue weighted by atomic mass is 9.71. The summed E-state index contributed by atoms with van der Waals surface area (Å²) < 4.78 is 0. The van der Waals surface area contributed by atoms with E-state index >= 15 is 0 Å². The summed E-state index contributed by atoms with van der Waals surface area (Å²) >= 11 is 0. The van der Waals surface area contributed by atoms with Crippen LogP contribution in [-0.2, 0) is 16.2 Å². The molecule has 0 fully saturated rings. The molecule has 0 radical (unpaired) electrons. The third kappa shape index (κ3) is 3.52. The zero-order valence-corrected chi connectivity index (χ0v) is 27.6. The predicted molar refractivity (Wildman–Crippen MR) is 194 cm³/mol. The largest absolute Gasteiger partial charge is 0.310 e. The Morgan fingerprint density at radius 3 is 1.70 bits per heavy atom. The molecule has 0 atom stereocenters. The van der Waals surface area contributed by atoms with E-state index in [2.05, 4.69) is 174 Å². The summed E-state index contributed by atoms with van der Waals surface area (Å²) in [5.41, 5.74) is 19.8. The van der Waals surface area contributed by atoms with Gasteiger partial charge >= 0.3 is 0 Å². The fourth-order valence-corrected chi connectivity index (χ4v) is 8.85. The number of nitrogens with zero attached hydrogens (tertiary/aromatic N) is 1. The highest BCUT2D eigenvalue weighted by Crippen LogP contribution is 2.58. The average molecular weight is 594 g/mol. The highest BCUT2D eigenvalue weighted by Gasteiger charge is 2.43. The first kappa shape index (κ1) is 27.4. The molecule has 0 N–H and O–H groups in total. The molecule has 1 heterocycles. The van der Waals surface area contributed by atoms with Crippen molar-refractivity contribution < 1.29 is 0 Å². The summed E-state index contributed by atoms with van der Waals surface area (Å²) in [5, 5.41) is 0. The van der Waals surface area contributed by atoms with Gasteiger partial charge in [0.2, 0.25) is 0 Å². The molecule has 1 nitrogen and oxygen atoms in total. The predicted octanol–water partition coefficient (Wildman–Crippen LogP) is 12.1. The van der Waals surface area contributed by atoms with Crippen LogP contribution < -0.4 is 4.90 Å². The number of fused-ring (bicyclic) bond motifs is 8. The molecule has 3 aliphatic rings. The van der Waals surface area contributed by atoms with Crippen LogP contribution in [0.2, 0.25) is 0 Å². The van der Waals surface area contributed by atoms with Gasteiger partial charge in [0.15, 0.2) is 0 Å². The van der Waals surface area contributed by atoms with Crippen LogP contribution in [0.1, 0.15) is 74.9 Å². The molecule has 0 amide bonds. The van der Waals surface area contributed by atoms with Crippen molar-refractivity contribution in [2.45, 2.75) is 57.8 Å². The van der Waals surface area contributed by atoms with Gasteiger partial charge in [0.05, 0.1) is 11.4 Å². The Morgan fingerprint density at radius 2 is 0.913 bits per heavy atom. The van der Waals surface area contributed by atoms with Crippen LogP contribution in [0.25, 0.3) is 33.4 Å². The number of anilines is 3.